The van der Waals surface area contributed by atoms with Gasteiger partial charge in [-0.15, -0.1) is 0 Å². The van der Waals surface area contributed by atoms with Gasteiger partial charge in [0.2, 0.25) is 11.8 Å². The third-order valence-electron chi connectivity index (χ3n) is 7.91. The van der Waals surface area contributed by atoms with E-state index in [0.29, 0.717) is 17.9 Å². The zero-order valence-electron chi connectivity index (χ0n) is 27.7. The van der Waals surface area contributed by atoms with Crippen LogP contribution >= 0.6 is 0 Å². The van der Waals surface area contributed by atoms with Gasteiger partial charge in [-0.2, -0.15) is 0 Å². The molecule has 0 radical (unpaired) electrons. The number of nitrogens with zero attached hydrogens (tertiary/aromatic N) is 2. The number of methoxy groups -OCH3 is 2. The molecule has 0 heterocycles. The molecule has 0 aromatic heterocycles. The monoisotopic (exact) mass is 675 g/mol. The van der Waals surface area contributed by atoms with Gasteiger partial charge in [-0.05, 0) is 60.9 Å². The van der Waals surface area contributed by atoms with Gasteiger partial charge in [-0.3, -0.25) is 13.9 Å². The average Bonchev–Trinajstić information content (AvgIpc) is 3.09. The van der Waals surface area contributed by atoms with E-state index in [0.717, 1.165) is 28.3 Å². The second-order valence-corrected chi connectivity index (χ2v) is 13.2. The van der Waals surface area contributed by atoms with Crippen molar-refractivity contribution in [3.8, 4) is 11.5 Å². The molecule has 0 aliphatic rings. The van der Waals surface area contributed by atoms with E-state index >= 15 is 0 Å². The molecule has 0 spiro atoms. The lowest BCUT2D eigenvalue weighted by atomic mass is 10.0. The Balaban J connectivity index is 1.85. The summed E-state index contributed by atoms with van der Waals surface area (Å²) in [6.07, 6.45) is 1.77. The van der Waals surface area contributed by atoms with Crippen molar-refractivity contribution in [1.29, 1.82) is 0 Å². The molecule has 0 fully saturated rings. The number of ether oxygens (including phenoxy) is 2. The fraction of sp³-hybridized carbons (Fsp3) is 0.297. The lowest BCUT2D eigenvalue weighted by molar-refractivity contribution is -0.140. The van der Waals surface area contributed by atoms with Gasteiger partial charge in [0.25, 0.3) is 10.0 Å². The Hall–Kier alpha value is -4.90. The van der Waals surface area contributed by atoms with Crippen LogP contribution in [-0.2, 0) is 32.6 Å². The Morgan fingerprint density at radius 3 is 2.19 bits per heavy atom. The van der Waals surface area contributed by atoms with Crippen LogP contribution in [0.5, 0.6) is 11.5 Å². The van der Waals surface area contributed by atoms with E-state index in [1.165, 1.54) is 61.6 Å². The molecule has 11 heteroatoms. The smallest absolute Gasteiger partial charge is 0.264 e. The molecule has 0 aliphatic carbocycles. The van der Waals surface area contributed by atoms with Crippen molar-refractivity contribution in [2.45, 2.75) is 50.6 Å². The second kappa shape index (κ2) is 16.8. The second-order valence-electron chi connectivity index (χ2n) is 11.4. The molecule has 254 valence electrons. The van der Waals surface area contributed by atoms with Crippen LogP contribution < -0.4 is 19.1 Å². The standard InChI is InChI=1S/C37H42FN3O6S/c1-5-6-22-39-37(43)34(23-28-10-8-7-9-11-28)40(25-29-14-16-30(38)17-15-29)36(42)26-41(33-24-31(46-3)18-21-35(33)47-4)48(44,45)32-19-12-27(2)13-20-32/h7-21,24,34H,5-6,22-23,25-26H2,1-4H3,(H,39,43)/t34-/m0/s1. The van der Waals surface area contributed by atoms with E-state index in [2.05, 4.69) is 5.32 Å². The van der Waals surface area contributed by atoms with Gasteiger partial charge < -0.3 is 19.7 Å². The molecule has 4 aromatic carbocycles. The third-order valence-corrected chi connectivity index (χ3v) is 9.68. The minimum atomic E-state index is -4.36. The summed E-state index contributed by atoms with van der Waals surface area (Å²) in [7, 11) is -1.50. The van der Waals surface area contributed by atoms with E-state index < -0.39 is 34.3 Å². The molecule has 1 atom stereocenters. The maximum Gasteiger partial charge on any atom is 0.264 e. The minimum Gasteiger partial charge on any atom is -0.497 e. The highest BCUT2D eigenvalue weighted by Crippen LogP contribution is 2.36. The van der Waals surface area contributed by atoms with Crippen molar-refractivity contribution < 1.29 is 31.9 Å². The number of amides is 2. The Kier molecular flexibility index (Phi) is 12.6. The molecule has 1 N–H and O–H groups in total. The number of hydrogen-bond donors (Lipinski definition) is 1. The Labute approximate surface area is 282 Å². The summed E-state index contributed by atoms with van der Waals surface area (Å²) in [4.78, 5) is 29.8. The summed E-state index contributed by atoms with van der Waals surface area (Å²) in [5.74, 6) is -0.929. The predicted octanol–water partition coefficient (Wildman–Crippen LogP) is 5.90. The summed E-state index contributed by atoms with van der Waals surface area (Å²) in [5.41, 5.74) is 2.32. The Morgan fingerprint density at radius 2 is 1.56 bits per heavy atom. The number of nitrogens with one attached hydrogen (secondary N) is 1. The summed E-state index contributed by atoms with van der Waals surface area (Å²) >= 11 is 0. The highest BCUT2D eigenvalue weighted by molar-refractivity contribution is 7.92. The van der Waals surface area contributed by atoms with Gasteiger partial charge in [-0.1, -0.05) is 73.5 Å². The number of anilines is 1. The molecular weight excluding hydrogens is 633 g/mol. The zero-order chi connectivity index (χ0) is 34.7. The highest BCUT2D eigenvalue weighted by atomic mass is 32.2. The maximum atomic E-state index is 14.6. The third kappa shape index (κ3) is 9.13. The summed E-state index contributed by atoms with van der Waals surface area (Å²) in [6, 6.07) is 24.9. The maximum absolute atomic E-state index is 14.6. The molecule has 4 rings (SSSR count). The summed E-state index contributed by atoms with van der Waals surface area (Å²) in [6.45, 7) is 3.51. The molecule has 4 aromatic rings. The lowest BCUT2D eigenvalue weighted by Crippen LogP contribution is -2.53. The molecule has 0 bridgehead atoms. The Bertz CT molecular complexity index is 1770. The predicted molar refractivity (Wildman–Crippen MR) is 184 cm³/mol. The first kappa shape index (κ1) is 35.9. The quantitative estimate of drug-likeness (QED) is 0.148. The van der Waals surface area contributed by atoms with Crippen LogP contribution in [-0.4, -0.2) is 58.5 Å². The van der Waals surface area contributed by atoms with Crippen molar-refractivity contribution in [2.24, 2.45) is 0 Å². The molecular formula is C37H42FN3O6S. The van der Waals surface area contributed by atoms with Crippen LogP contribution in [0.2, 0.25) is 0 Å². The summed E-state index contributed by atoms with van der Waals surface area (Å²) < 4.78 is 54.6. The molecule has 2 amide bonds. The number of halogens is 1. The zero-order valence-corrected chi connectivity index (χ0v) is 28.5. The van der Waals surface area contributed by atoms with E-state index in [1.807, 2.05) is 44.2 Å². The minimum absolute atomic E-state index is 0.0333. The fourth-order valence-electron chi connectivity index (χ4n) is 5.19. The first-order chi connectivity index (χ1) is 23.1. The topological polar surface area (TPSA) is 105 Å². The van der Waals surface area contributed by atoms with Crippen LogP contribution in [0.15, 0.2) is 102 Å². The van der Waals surface area contributed by atoms with Gasteiger partial charge >= 0.3 is 0 Å². The molecule has 0 aliphatic heterocycles. The largest absolute Gasteiger partial charge is 0.497 e. The molecule has 0 unspecified atom stereocenters. The first-order valence-corrected chi connectivity index (χ1v) is 17.2. The number of sulfonamides is 1. The number of benzene rings is 4. The van der Waals surface area contributed by atoms with Crippen molar-refractivity contribution >= 4 is 27.5 Å². The van der Waals surface area contributed by atoms with Gasteiger partial charge in [0, 0.05) is 25.6 Å². The van der Waals surface area contributed by atoms with Gasteiger partial charge in [-0.25, -0.2) is 12.8 Å². The first-order valence-electron chi connectivity index (χ1n) is 15.7. The van der Waals surface area contributed by atoms with Crippen LogP contribution in [0.25, 0.3) is 0 Å². The van der Waals surface area contributed by atoms with Crippen molar-refractivity contribution in [2.75, 3.05) is 31.6 Å². The Morgan fingerprint density at radius 1 is 0.875 bits per heavy atom. The van der Waals surface area contributed by atoms with Crippen molar-refractivity contribution in [1.82, 2.24) is 10.2 Å². The lowest BCUT2D eigenvalue weighted by Gasteiger charge is -2.34. The van der Waals surface area contributed by atoms with Crippen LogP contribution in [0.4, 0.5) is 10.1 Å². The van der Waals surface area contributed by atoms with Crippen LogP contribution in [0, 0.1) is 12.7 Å². The number of carbonyl (C=O) groups excluding carboxylic acids is 2. The highest BCUT2D eigenvalue weighted by Gasteiger charge is 2.35. The van der Waals surface area contributed by atoms with Gasteiger partial charge in [0.15, 0.2) is 0 Å². The SMILES string of the molecule is CCCCNC(=O)[C@H](Cc1ccccc1)N(Cc1ccc(F)cc1)C(=O)CN(c1cc(OC)ccc1OC)S(=O)(=O)c1ccc(C)cc1. The summed E-state index contributed by atoms with van der Waals surface area (Å²) in [5, 5.41) is 2.95. The number of carbonyl (C=O) groups is 2. The molecule has 48 heavy (non-hydrogen) atoms. The number of rotatable bonds is 16. The number of hydrogen-bond acceptors (Lipinski definition) is 6. The van der Waals surface area contributed by atoms with E-state index in [4.69, 9.17) is 9.47 Å². The van der Waals surface area contributed by atoms with Gasteiger partial charge in [0.1, 0.15) is 29.9 Å². The van der Waals surface area contributed by atoms with E-state index in [9.17, 15) is 22.4 Å². The van der Waals surface area contributed by atoms with Crippen molar-refractivity contribution in [3.05, 3.63) is 120 Å². The van der Waals surface area contributed by atoms with Crippen LogP contribution in [0.1, 0.15) is 36.5 Å². The molecule has 9 nitrogen and oxygen atoms in total. The van der Waals surface area contributed by atoms with E-state index in [1.54, 1.807) is 24.3 Å². The van der Waals surface area contributed by atoms with E-state index in [-0.39, 0.29) is 35.2 Å². The van der Waals surface area contributed by atoms with Crippen molar-refractivity contribution in [3.63, 3.8) is 0 Å². The van der Waals surface area contributed by atoms with Crippen LogP contribution in [0.3, 0.4) is 0 Å². The number of aryl methyl sites for hydroxylation is 1. The average molecular weight is 676 g/mol. The number of unbranched alkanes of at least 4 members (excludes halogenated alkanes) is 1. The molecule has 0 saturated heterocycles. The normalized spacial score (nSPS) is 11.8. The fourth-order valence-corrected chi connectivity index (χ4v) is 6.61. The molecule has 0 saturated carbocycles. The van der Waals surface area contributed by atoms with Gasteiger partial charge in [0.05, 0.1) is 24.8 Å².